The monoisotopic (exact) mass is 304 g/mol. The molecule has 0 aliphatic carbocycles. The van der Waals surface area contributed by atoms with Gasteiger partial charge in [-0.25, -0.2) is 0 Å². The summed E-state index contributed by atoms with van der Waals surface area (Å²) in [5.74, 6) is 1.98. The highest BCUT2D eigenvalue weighted by molar-refractivity contribution is 5.78. The number of nitrogens with zero attached hydrogens (tertiary/aromatic N) is 2. The third-order valence-electron chi connectivity index (χ3n) is 3.73. The van der Waals surface area contributed by atoms with Crippen molar-refractivity contribution in [2.45, 2.75) is 32.7 Å². The lowest BCUT2D eigenvalue weighted by molar-refractivity contribution is 0.415. The summed E-state index contributed by atoms with van der Waals surface area (Å²) in [4.78, 5) is 6.87. The number of methoxy groups -OCH3 is 1. The van der Waals surface area contributed by atoms with E-state index in [0.717, 1.165) is 31.8 Å². The van der Waals surface area contributed by atoms with E-state index in [2.05, 4.69) is 48.1 Å². The van der Waals surface area contributed by atoms with Crippen molar-refractivity contribution in [3.63, 3.8) is 0 Å². The first-order chi connectivity index (χ1) is 10.4. The van der Waals surface area contributed by atoms with Crippen LogP contribution in [0.1, 0.15) is 27.2 Å². The first kappa shape index (κ1) is 16.5. The zero-order chi connectivity index (χ0) is 16.2. The zero-order valence-corrected chi connectivity index (χ0v) is 14.1. The number of hydrogen-bond acceptors (Lipinski definition) is 3. The van der Waals surface area contributed by atoms with Gasteiger partial charge in [-0.2, -0.15) is 0 Å². The quantitative estimate of drug-likeness (QED) is 0.661. The molecule has 0 radical (unpaired) electrons. The van der Waals surface area contributed by atoms with E-state index in [1.54, 1.807) is 7.11 Å². The largest absolute Gasteiger partial charge is 0.497 e. The molecule has 1 heterocycles. The lowest BCUT2D eigenvalue weighted by Crippen LogP contribution is -2.45. The van der Waals surface area contributed by atoms with Crippen LogP contribution in [0.5, 0.6) is 5.75 Å². The Morgan fingerprint density at radius 2 is 2.23 bits per heavy atom. The van der Waals surface area contributed by atoms with Gasteiger partial charge in [0.25, 0.3) is 0 Å². The van der Waals surface area contributed by atoms with Crippen molar-refractivity contribution >= 4 is 11.6 Å². The van der Waals surface area contributed by atoms with E-state index in [-0.39, 0.29) is 5.54 Å². The van der Waals surface area contributed by atoms with Crippen LogP contribution in [0, 0.1) is 5.92 Å². The molecular weight excluding hydrogens is 276 g/mol. The van der Waals surface area contributed by atoms with E-state index >= 15 is 0 Å². The van der Waals surface area contributed by atoms with Crippen molar-refractivity contribution in [1.82, 2.24) is 5.32 Å². The van der Waals surface area contributed by atoms with E-state index in [0.29, 0.717) is 11.9 Å². The van der Waals surface area contributed by atoms with Crippen molar-refractivity contribution in [1.29, 1.82) is 0 Å². The van der Waals surface area contributed by atoms with Gasteiger partial charge in [-0.05, 0) is 45.2 Å². The van der Waals surface area contributed by atoms with Crippen LogP contribution in [0.2, 0.25) is 0 Å². The molecule has 1 aromatic carbocycles. The Morgan fingerprint density at radius 1 is 1.45 bits per heavy atom. The zero-order valence-electron chi connectivity index (χ0n) is 14.1. The first-order valence-corrected chi connectivity index (χ1v) is 7.84. The molecule has 1 atom stereocenters. The van der Waals surface area contributed by atoms with E-state index in [1.807, 2.05) is 12.1 Å². The van der Waals surface area contributed by atoms with Crippen LogP contribution in [-0.2, 0) is 0 Å². The minimum Gasteiger partial charge on any atom is -0.497 e. The Morgan fingerprint density at radius 3 is 2.91 bits per heavy atom. The number of nitrogens with one attached hydrogen (secondary N) is 1. The SMILES string of the molecule is COc1cccc(N2CCC(CN=C(N)NC(C)(C)C)C2)c1. The number of aliphatic imine (C=N–C) groups is 1. The summed E-state index contributed by atoms with van der Waals surface area (Å²) in [6.07, 6.45) is 1.14. The number of benzene rings is 1. The van der Waals surface area contributed by atoms with Crippen molar-refractivity contribution in [3.05, 3.63) is 24.3 Å². The number of hydrogen-bond donors (Lipinski definition) is 2. The Balaban J connectivity index is 1.88. The Labute approximate surface area is 133 Å². The molecule has 1 aromatic rings. The van der Waals surface area contributed by atoms with Crippen LogP contribution in [0.3, 0.4) is 0 Å². The third-order valence-corrected chi connectivity index (χ3v) is 3.73. The summed E-state index contributed by atoms with van der Waals surface area (Å²) in [5.41, 5.74) is 7.10. The highest BCUT2D eigenvalue weighted by Crippen LogP contribution is 2.26. The molecule has 0 spiro atoms. The minimum absolute atomic E-state index is 0.0457. The number of anilines is 1. The van der Waals surface area contributed by atoms with E-state index in [9.17, 15) is 0 Å². The van der Waals surface area contributed by atoms with Crippen LogP contribution in [0.4, 0.5) is 5.69 Å². The predicted molar refractivity (Wildman–Crippen MR) is 92.7 cm³/mol. The van der Waals surface area contributed by atoms with Gasteiger partial charge in [0.1, 0.15) is 5.75 Å². The fourth-order valence-electron chi connectivity index (χ4n) is 2.67. The highest BCUT2D eigenvalue weighted by atomic mass is 16.5. The number of rotatable bonds is 4. The highest BCUT2D eigenvalue weighted by Gasteiger charge is 2.23. The summed E-state index contributed by atoms with van der Waals surface area (Å²) < 4.78 is 5.29. The van der Waals surface area contributed by atoms with Gasteiger partial charge in [-0.1, -0.05) is 6.07 Å². The summed E-state index contributed by atoms with van der Waals surface area (Å²) >= 11 is 0. The Kier molecular flexibility index (Phi) is 5.16. The standard InChI is InChI=1S/C17H28N4O/c1-17(2,3)20-16(18)19-11-13-8-9-21(12-13)14-6-5-7-15(10-14)22-4/h5-7,10,13H,8-9,11-12H2,1-4H3,(H3,18,19,20). The maximum Gasteiger partial charge on any atom is 0.188 e. The van der Waals surface area contributed by atoms with Crippen LogP contribution in [0.25, 0.3) is 0 Å². The van der Waals surface area contributed by atoms with Crippen molar-refractivity contribution < 1.29 is 4.74 Å². The molecular formula is C17H28N4O. The van der Waals surface area contributed by atoms with Gasteiger partial charge in [0.05, 0.1) is 7.11 Å². The maximum atomic E-state index is 5.93. The van der Waals surface area contributed by atoms with Crippen LogP contribution in [-0.4, -0.2) is 38.2 Å². The van der Waals surface area contributed by atoms with Gasteiger partial charge < -0.3 is 20.7 Å². The molecule has 5 nitrogen and oxygen atoms in total. The number of ether oxygens (including phenoxy) is 1. The minimum atomic E-state index is -0.0457. The fraction of sp³-hybridized carbons (Fsp3) is 0.588. The Bertz CT molecular complexity index is 522. The van der Waals surface area contributed by atoms with Gasteiger partial charge in [0.2, 0.25) is 0 Å². The molecule has 0 saturated carbocycles. The molecule has 122 valence electrons. The second-order valence-electron chi connectivity index (χ2n) is 6.90. The van der Waals surface area contributed by atoms with Crippen LogP contribution < -0.4 is 20.7 Å². The summed E-state index contributed by atoms with van der Waals surface area (Å²) in [6, 6.07) is 8.22. The topological polar surface area (TPSA) is 62.9 Å². The van der Waals surface area contributed by atoms with Gasteiger partial charge in [0.15, 0.2) is 5.96 Å². The lowest BCUT2D eigenvalue weighted by Gasteiger charge is -2.21. The van der Waals surface area contributed by atoms with Gasteiger partial charge in [-0.15, -0.1) is 0 Å². The van der Waals surface area contributed by atoms with Crippen molar-refractivity contribution in [3.8, 4) is 5.75 Å². The van der Waals surface area contributed by atoms with E-state index in [4.69, 9.17) is 10.5 Å². The third kappa shape index (κ3) is 4.83. The molecule has 1 saturated heterocycles. The average molecular weight is 304 g/mol. The predicted octanol–water partition coefficient (Wildman–Crippen LogP) is 2.22. The molecule has 0 amide bonds. The second kappa shape index (κ2) is 6.90. The lowest BCUT2D eigenvalue weighted by atomic mass is 10.1. The Hall–Kier alpha value is -1.91. The molecule has 1 aliphatic heterocycles. The molecule has 2 rings (SSSR count). The van der Waals surface area contributed by atoms with Crippen molar-refractivity contribution in [2.75, 3.05) is 31.6 Å². The molecule has 1 aliphatic rings. The van der Waals surface area contributed by atoms with Crippen LogP contribution in [0.15, 0.2) is 29.3 Å². The number of guanidine groups is 1. The van der Waals surface area contributed by atoms with Crippen LogP contribution >= 0.6 is 0 Å². The van der Waals surface area contributed by atoms with Crippen molar-refractivity contribution in [2.24, 2.45) is 16.6 Å². The summed E-state index contributed by atoms with van der Waals surface area (Å²) in [7, 11) is 1.70. The molecule has 0 bridgehead atoms. The second-order valence-corrected chi connectivity index (χ2v) is 6.90. The number of nitrogens with two attached hydrogens (primary N) is 1. The normalized spacial score (nSPS) is 19.4. The van der Waals surface area contributed by atoms with E-state index < -0.39 is 0 Å². The summed E-state index contributed by atoms with van der Waals surface area (Å²) in [5, 5.41) is 3.20. The fourth-order valence-corrected chi connectivity index (χ4v) is 2.67. The molecule has 22 heavy (non-hydrogen) atoms. The first-order valence-electron chi connectivity index (χ1n) is 7.84. The molecule has 3 N–H and O–H groups in total. The molecule has 1 unspecified atom stereocenters. The maximum absolute atomic E-state index is 5.93. The average Bonchev–Trinajstić information content (AvgIpc) is 2.92. The molecule has 0 aromatic heterocycles. The molecule has 1 fully saturated rings. The van der Waals surface area contributed by atoms with Gasteiger partial charge in [-0.3, -0.25) is 4.99 Å². The van der Waals surface area contributed by atoms with Gasteiger partial charge in [0, 0.05) is 36.9 Å². The smallest absolute Gasteiger partial charge is 0.188 e. The summed E-state index contributed by atoms with van der Waals surface area (Å²) in [6.45, 7) is 9.08. The van der Waals surface area contributed by atoms with E-state index in [1.165, 1.54) is 5.69 Å². The van der Waals surface area contributed by atoms with Gasteiger partial charge >= 0.3 is 0 Å². The molecule has 5 heteroatoms.